The molecule has 0 saturated heterocycles. The first kappa shape index (κ1) is 12.6. The van der Waals surface area contributed by atoms with Gasteiger partial charge < -0.3 is 5.32 Å². The molecule has 0 bridgehead atoms. The molecule has 94 valence electrons. The van der Waals surface area contributed by atoms with Crippen molar-refractivity contribution in [2.75, 3.05) is 6.54 Å². The highest BCUT2D eigenvalue weighted by Crippen LogP contribution is 2.34. The Labute approximate surface area is 106 Å². The van der Waals surface area contributed by atoms with Crippen LogP contribution in [0.2, 0.25) is 0 Å². The highest BCUT2D eigenvalue weighted by molar-refractivity contribution is 5.39. The molecule has 0 spiro atoms. The molecule has 1 N–H and O–H groups in total. The van der Waals surface area contributed by atoms with Crippen molar-refractivity contribution in [1.29, 1.82) is 0 Å². The molecule has 1 heterocycles. The van der Waals surface area contributed by atoms with E-state index in [1.54, 1.807) is 11.1 Å². The minimum absolute atomic E-state index is 0.587. The molecule has 0 amide bonds. The summed E-state index contributed by atoms with van der Waals surface area (Å²) in [5.41, 5.74) is 4.65. The van der Waals surface area contributed by atoms with Crippen LogP contribution < -0.4 is 5.32 Å². The molecule has 1 heteroatoms. The van der Waals surface area contributed by atoms with Crippen LogP contribution in [0.15, 0.2) is 18.2 Å². The lowest BCUT2D eigenvalue weighted by atomic mass is 9.83. The van der Waals surface area contributed by atoms with E-state index in [4.69, 9.17) is 0 Å². The van der Waals surface area contributed by atoms with Crippen LogP contribution in [0.4, 0.5) is 0 Å². The smallest absolute Gasteiger partial charge is 0.0323 e. The Kier molecular flexibility index (Phi) is 4.22. The molecule has 1 aromatic rings. The second-order valence-electron chi connectivity index (χ2n) is 5.17. The number of hydrogen-bond donors (Lipinski definition) is 1. The number of benzene rings is 1. The van der Waals surface area contributed by atoms with E-state index in [1.807, 2.05) is 0 Å². The van der Waals surface area contributed by atoms with Gasteiger partial charge in [-0.15, -0.1) is 0 Å². The SMILES string of the molecule is CCCC1NCC(CC)c2ccc(CC)cc21. The number of rotatable bonds is 4. The summed E-state index contributed by atoms with van der Waals surface area (Å²) in [5, 5.41) is 3.73. The van der Waals surface area contributed by atoms with Crippen molar-refractivity contribution in [1.82, 2.24) is 5.32 Å². The van der Waals surface area contributed by atoms with E-state index in [0.717, 1.165) is 13.0 Å². The predicted octanol–water partition coefficient (Wildman–Crippen LogP) is 4.19. The topological polar surface area (TPSA) is 12.0 Å². The summed E-state index contributed by atoms with van der Waals surface area (Å²) in [7, 11) is 0. The number of fused-ring (bicyclic) bond motifs is 1. The van der Waals surface area contributed by atoms with Gasteiger partial charge in [-0.05, 0) is 41.9 Å². The van der Waals surface area contributed by atoms with Gasteiger partial charge in [0.2, 0.25) is 0 Å². The molecular formula is C16H25N. The van der Waals surface area contributed by atoms with Crippen molar-refractivity contribution >= 4 is 0 Å². The Morgan fingerprint density at radius 2 is 2.00 bits per heavy atom. The lowest BCUT2D eigenvalue weighted by Gasteiger charge is -2.33. The maximum absolute atomic E-state index is 3.73. The lowest BCUT2D eigenvalue weighted by molar-refractivity contribution is 0.424. The minimum atomic E-state index is 0.587. The van der Waals surface area contributed by atoms with Gasteiger partial charge in [-0.1, -0.05) is 45.4 Å². The summed E-state index contributed by atoms with van der Waals surface area (Å²) < 4.78 is 0. The van der Waals surface area contributed by atoms with E-state index < -0.39 is 0 Å². The molecule has 1 aliphatic heterocycles. The van der Waals surface area contributed by atoms with Gasteiger partial charge in [-0.25, -0.2) is 0 Å². The second-order valence-corrected chi connectivity index (χ2v) is 5.17. The Morgan fingerprint density at radius 3 is 2.65 bits per heavy atom. The van der Waals surface area contributed by atoms with Crippen molar-refractivity contribution in [2.24, 2.45) is 0 Å². The molecule has 0 radical (unpaired) electrons. The van der Waals surface area contributed by atoms with Gasteiger partial charge >= 0.3 is 0 Å². The van der Waals surface area contributed by atoms with Crippen LogP contribution in [-0.4, -0.2) is 6.54 Å². The van der Waals surface area contributed by atoms with Gasteiger partial charge in [0.15, 0.2) is 0 Å². The van der Waals surface area contributed by atoms with Crippen molar-refractivity contribution in [2.45, 2.75) is 58.4 Å². The Hall–Kier alpha value is -0.820. The van der Waals surface area contributed by atoms with Gasteiger partial charge in [-0.2, -0.15) is 0 Å². The monoisotopic (exact) mass is 231 g/mol. The van der Waals surface area contributed by atoms with Gasteiger partial charge in [0, 0.05) is 12.6 Å². The fourth-order valence-electron chi connectivity index (χ4n) is 2.93. The van der Waals surface area contributed by atoms with Crippen LogP contribution in [0.25, 0.3) is 0 Å². The molecule has 0 fully saturated rings. The molecular weight excluding hydrogens is 206 g/mol. The summed E-state index contributed by atoms with van der Waals surface area (Å²) in [4.78, 5) is 0. The largest absolute Gasteiger partial charge is 0.309 e. The summed E-state index contributed by atoms with van der Waals surface area (Å²) in [6.07, 6.45) is 4.90. The standard InChI is InChI=1S/C16H25N/c1-4-7-16-15-10-12(5-2)8-9-14(15)13(6-3)11-17-16/h8-10,13,16-17H,4-7,11H2,1-3H3. The van der Waals surface area contributed by atoms with Crippen LogP contribution >= 0.6 is 0 Å². The molecule has 2 rings (SSSR count). The summed E-state index contributed by atoms with van der Waals surface area (Å²) in [6.45, 7) is 7.96. The molecule has 2 unspecified atom stereocenters. The van der Waals surface area contributed by atoms with Gasteiger partial charge in [0.05, 0.1) is 0 Å². The molecule has 0 aromatic heterocycles. The maximum atomic E-state index is 3.73. The van der Waals surface area contributed by atoms with E-state index in [0.29, 0.717) is 12.0 Å². The molecule has 1 aliphatic rings. The fraction of sp³-hybridized carbons (Fsp3) is 0.625. The van der Waals surface area contributed by atoms with Crippen molar-refractivity contribution in [3.8, 4) is 0 Å². The number of nitrogens with one attached hydrogen (secondary N) is 1. The molecule has 1 nitrogen and oxygen atoms in total. The third-order valence-corrected chi connectivity index (χ3v) is 4.06. The zero-order valence-electron chi connectivity index (χ0n) is 11.4. The Balaban J connectivity index is 2.36. The Bertz CT molecular complexity index is 370. The number of hydrogen-bond acceptors (Lipinski definition) is 1. The third-order valence-electron chi connectivity index (χ3n) is 4.06. The van der Waals surface area contributed by atoms with Crippen LogP contribution in [-0.2, 0) is 6.42 Å². The van der Waals surface area contributed by atoms with E-state index in [1.165, 1.54) is 24.8 Å². The lowest BCUT2D eigenvalue weighted by Crippen LogP contribution is -2.33. The van der Waals surface area contributed by atoms with Crippen molar-refractivity contribution in [3.63, 3.8) is 0 Å². The average molecular weight is 231 g/mol. The highest BCUT2D eigenvalue weighted by atomic mass is 14.9. The summed E-state index contributed by atoms with van der Waals surface area (Å²) >= 11 is 0. The van der Waals surface area contributed by atoms with Crippen LogP contribution in [0.5, 0.6) is 0 Å². The van der Waals surface area contributed by atoms with Gasteiger partial charge in [-0.3, -0.25) is 0 Å². The molecule has 0 aliphatic carbocycles. The van der Waals surface area contributed by atoms with Crippen molar-refractivity contribution < 1.29 is 0 Å². The van der Waals surface area contributed by atoms with Crippen LogP contribution in [0.3, 0.4) is 0 Å². The van der Waals surface area contributed by atoms with Crippen LogP contribution in [0, 0.1) is 0 Å². The molecule has 0 saturated carbocycles. The van der Waals surface area contributed by atoms with Gasteiger partial charge in [0.1, 0.15) is 0 Å². The molecule has 2 atom stereocenters. The van der Waals surface area contributed by atoms with E-state index in [9.17, 15) is 0 Å². The Morgan fingerprint density at radius 1 is 1.18 bits per heavy atom. The first-order valence-electron chi connectivity index (χ1n) is 7.16. The highest BCUT2D eigenvalue weighted by Gasteiger charge is 2.25. The summed E-state index contributed by atoms with van der Waals surface area (Å²) in [5.74, 6) is 0.712. The average Bonchev–Trinajstić information content (AvgIpc) is 2.39. The number of aryl methyl sites for hydroxylation is 1. The normalized spacial score (nSPS) is 23.5. The first-order chi connectivity index (χ1) is 8.30. The predicted molar refractivity (Wildman–Crippen MR) is 74.5 cm³/mol. The molecule has 1 aromatic carbocycles. The first-order valence-corrected chi connectivity index (χ1v) is 7.16. The third kappa shape index (κ3) is 2.55. The fourth-order valence-corrected chi connectivity index (χ4v) is 2.93. The molecule has 17 heavy (non-hydrogen) atoms. The second kappa shape index (κ2) is 5.68. The maximum Gasteiger partial charge on any atom is 0.0323 e. The van der Waals surface area contributed by atoms with E-state index in [-0.39, 0.29) is 0 Å². The van der Waals surface area contributed by atoms with Crippen LogP contribution in [0.1, 0.15) is 68.7 Å². The quantitative estimate of drug-likeness (QED) is 0.819. The van der Waals surface area contributed by atoms with E-state index >= 15 is 0 Å². The zero-order chi connectivity index (χ0) is 12.3. The van der Waals surface area contributed by atoms with Gasteiger partial charge in [0.25, 0.3) is 0 Å². The van der Waals surface area contributed by atoms with E-state index in [2.05, 4.69) is 44.3 Å². The minimum Gasteiger partial charge on any atom is -0.309 e. The summed E-state index contributed by atoms with van der Waals surface area (Å²) in [6, 6.07) is 7.72. The zero-order valence-corrected chi connectivity index (χ0v) is 11.4. The van der Waals surface area contributed by atoms with Crippen molar-refractivity contribution in [3.05, 3.63) is 34.9 Å².